The van der Waals surface area contributed by atoms with Crippen molar-refractivity contribution in [2.75, 3.05) is 11.9 Å². The van der Waals surface area contributed by atoms with Crippen LogP contribution in [0, 0.1) is 0 Å². The number of rotatable bonds is 4. The predicted molar refractivity (Wildman–Crippen MR) is 82.6 cm³/mol. The van der Waals surface area contributed by atoms with Gasteiger partial charge in [0.1, 0.15) is 0 Å². The number of benzene rings is 1. The van der Waals surface area contributed by atoms with Gasteiger partial charge in [0.05, 0.1) is 5.69 Å². The molecule has 0 atom stereocenters. The largest absolute Gasteiger partial charge is 0.324 e. The maximum atomic E-state index is 5.46. The number of aromatic nitrogens is 2. The minimum atomic E-state index is 0.647. The van der Waals surface area contributed by atoms with E-state index in [1.165, 1.54) is 23.1 Å². The van der Waals surface area contributed by atoms with Crippen molar-refractivity contribution < 1.29 is 0 Å². The molecule has 3 rings (SSSR count). The molecular formula is C14H17N5S. The zero-order valence-corrected chi connectivity index (χ0v) is 11.9. The van der Waals surface area contributed by atoms with Crippen LogP contribution in [0.4, 0.5) is 11.6 Å². The highest BCUT2D eigenvalue weighted by atomic mass is 32.2. The summed E-state index contributed by atoms with van der Waals surface area (Å²) >= 11 is 1.33. The van der Waals surface area contributed by atoms with Gasteiger partial charge in [0.2, 0.25) is 5.95 Å². The van der Waals surface area contributed by atoms with Crippen molar-refractivity contribution in [2.45, 2.75) is 18.7 Å². The van der Waals surface area contributed by atoms with Gasteiger partial charge in [-0.1, -0.05) is 24.1 Å². The Bertz CT molecular complexity index is 585. The lowest BCUT2D eigenvalue weighted by Crippen LogP contribution is -2.25. The molecule has 1 aliphatic rings. The fourth-order valence-electron chi connectivity index (χ4n) is 2.20. The van der Waals surface area contributed by atoms with Crippen molar-refractivity contribution in [3.05, 3.63) is 47.3 Å². The van der Waals surface area contributed by atoms with Gasteiger partial charge in [-0.05, 0) is 36.2 Å². The summed E-state index contributed by atoms with van der Waals surface area (Å²) in [4.78, 5) is 8.93. The van der Waals surface area contributed by atoms with E-state index in [2.05, 4.69) is 32.7 Å². The van der Waals surface area contributed by atoms with E-state index in [-0.39, 0.29) is 0 Å². The molecule has 2 aromatic rings. The lowest BCUT2D eigenvalue weighted by atomic mass is 10.1. The molecule has 1 aliphatic heterocycles. The third-order valence-electron chi connectivity index (χ3n) is 3.28. The quantitative estimate of drug-likeness (QED) is 0.747. The second kappa shape index (κ2) is 6.21. The molecule has 1 aromatic heterocycles. The third-order valence-corrected chi connectivity index (χ3v) is 3.78. The van der Waals surface area contributed by atoms with Gasteiger partial charge in [0.25, 0.3) is 0 Å². The Morgan fingerprint density at radius 2 is 2.15 bits per heavy atom. The van der Waals surface area contributed by atoms with E-state index in [0.717, 1.165) is 36.6 Å². The monoisotopic (exact) mass is 287 g/mol. The van der Waals surface area contributed by atoms with Gasteiger partial charge in [0.15, 0.2) is 0 Å². The first-order valence-corrected chi connectivity index (χ1v) is 7.63. The molecule has 4 N–H and O–H groups in total. The summed E-state index contributed by atoms with van der Waals surface area (Å²) in [5.41, 5.74) is 4.52. The number of fused-ring (bicyclic) bond motifs is 1. The van der Waals surface area contributed by atoms with Gasteiger partial charge in [-0.3, -0.25) is 5.14 Å². The first-order valence-electron chi connectivity index (χ1n) is 6.58. The molecule has 5 nitrogen and oxygen atoms in total. The van der Waals surface area contributed by atoms with Crippen molar-refractivity contribution in [2.24, 2.45) is 5.14 Å². The van der Waals surface area contributed by atoms with Crippen LogP contribution in [-0.4, -0.2) is 16.5 Å². The molecule has 0 aliphatic carbocycles. The number of hydrogen-bond donors (Lipinski definition) is 3. The topological polar surface area (TPSA) is 75.9 Å². The van der Waals surface area contributed by atoms with Crippen LogP contribution in [0.3, 0.4) is 0 Å². The first kappa shape index (κ1) is 13.4. The molecular weight excluding hydrogens is 270 g/mol. The fraction of sp³-hybridized carbons (Fsp3) is 0.286. The highest BCUT2D eigenvalue weighted by Gasteiger charge is 2.11. The molecule has 0 fully saturated rings. The molecule has 0 unspecified atom stereocenters. The summed E-state index contributed by atoms with van der Waals surface area (Å²) in [6.45, 7) is 1.82. The normalized spacial score (nSPS) is 13.8. The summed E-state index contributed by atoms with van der Waals surface area (Å²) in [5, 5.41) is 12.0. The van der Waals surface area contributed by atoms with E-state index in [1.807, 2.05) is 18.3 Å². The summed E-state index contributed by atoms with van der Waals surface area (Å²) in [6.07, 6.45) is 2.92. The van der Waals surface area contributed by atoms with Crippen molar-refractivity contribution in [3.8, 4) is 0 Å². The summed E-state index contributed by atoms with van der Waals surface area (Å²) in [5.74, 6) is 1.47. The Kier molecular flexibility index (Phi) is 4.15. The van der Waals surface area contributed by atoms with Crippen LogP contribution in [0.25, 0.3) is 0 Å². The van der Waals surface area contributed by atoms with Gasteiger partial charge in [0, 0.05) is 24.2 Å². The Hall–Kier alpha value is -1.63. The van der Waals surface area contributed by atoms with Crippen LogP contribution in [0.2, 0.25) is 0 Å². The van der Waals surface area contributed by atoms with Crippen molar-refractivity contribution >= 4 is 23.6 Å². The van der Waals surface area contributed by atoms with Crippen molar-refractivity contribution in [1.29, 1.82) is 0 Å². The number of hydrogen-bond acceptors (Lipinski definition) is 6. The highest BCUT2D eigenvalue weighted by Crippen LogP contribution is 2.18. The van der Waals surface area contributed by atoms with Crippen LogP contribution in [0.15, 0.2) is 30.5 Å². The van der Waals surface area contributed by atoms with Crippen LogP contribution in [-0.2, 0) is 18.7 Å². The van der Waals surface area contributed by atoms with Crippen LogP contribution >= 0.6 is 11.9 Å². The maximum Gasteiger partial charge on any atom is 0.227 e. The Morgan fingerprint density at radius 1 is 1.30 bits per heavy atom. The molecule has 0 saturated carbocycles. The van der Waals surface area contributed by atoms with Crippen LogP contribution < -0.4 is 15.8 Å². The van der Waals surface area contributed by atoms with E-state index in [0.29, 0.717) is 5.95 Å². The van der Waals surface area contributed by atoms with E-state index in [9.17, 15) is 0 Å². The molecule has 1 aromatic carbocycles. The second-order valence-electron chi connectivity index (χ2n) is 4.73. The smallest absolute Gasteiger partial charge is 0.227 e. The summed E-state index contributed by atoms with van der Waals surface area (Å²) in [6, 6.07) is 8.16. The summed E-state index contributed by atoms with van der Waals surface area (Å²) in [7, 11) is 0. The minimum Gasteiger partial charge on any atom is -0.324 e. The minimum absolute atomic E-state index is 0.647. The van der Waals surface area contributed by atoms with Gasteiger partial charge >= 0.3 is 0 Å². The lowest BCUT2D eigenvalue weighted by molar-refractivity contribution is 0.624. The Labute approximate surface area is 122 Å². The van der Waals surface area contributed by atoms with E-state index >= 15 is 0 Å². The van der Waals surface area contributed by atoms with Gasteiger partial charge < -0.3 is 10.6 Å². The highest BCUT2D eigenvalue weighted by molar-refractivity contribution is 7.96. The average Bonchev–Trinajstić information content (AvgIpc) is 2.49. The van der Waals surface area contributed by atoms with Crippen LogP contribution in [0.5, 0.6) is 0 Å². The molecule has 6 heteroatoms. The second-order valence-corrected chi connectivity index (χ2v) is 5.35. The molecule has 104 valence electrons. The van der Waals surface area contributed by atoms with Crippen LogP contribution in [0.1, 0.15) is 16.8 Å². The van der Waals surface area contributed by atoms with E-state index in [4.69, 9.17) is 5.14 Å². The van der Waals surface area contributed by atoms with Gasteiger partial charge in [-0.15, -0.1) is 0 Å². The fourth-order valence-corrected chi connectivity index (χ4v) is 2.59. The molecule has 0 bridgehead atoms. The van der Waals surface area contributed by atoms with E-state index < -0.39 is 0 Å². The number of nitrogens with zero attached hydrogens (tertiary/aromatic N) is 2. The molecule has 0 amide bonds. The number of nitrogens with one attached hydrogen (secondary N) is 2. The van der Waals surface area contributed by atoms with Gasteiger partial charge in [-0.2, -0.15) is 0 Å². The predicted octanol–water partition coefficient (Wildman–Crippen LogP) is 1.97. The van der Waals surface area contributed by atoms with Crippen molar-refractivity contribution in [1.82, 2.24) is 15.3 Å². The molecule has 0 saturated heterocycles. The molecule has 20 heavy (non-hydrogen) atoms. The standard InChI is InChI=1S/C14H17N5S/c15-20-9-10-1-3-12(4-2-10)18-14-17-7-11-5-6-16-8-13(11)19-14/h1-4,7,16H,5-6,8-9,15H2,(H,17,18,19). The number of anilines is 2. The first-order chi connectivity index (χ1) is 9.85. The van der Waals surface area contributed by atoms with E-state index in [1.54, 1.807) is 0 Å². The Balaban J connectivity index is 1.73. The SMILES string of the molecule is NSCc1ccc(Nc2ncc3c(n2)CNCC3)cc1. The number of nitrogens with two attached hydrogens (primary N) is 1. The maximum absolute atomic E-state index is 5.46. The van der Waals surface area contributed by atoms with Crippen molar-refractivity contribution in [3.63, 3.8) is 0 Å². The zero-order chi connectivity index (χ0) is 13.8. The molecule has 2 heterocycles. The Morgan fingerprint density at radius 3 is 2.95 bits per heavy atom. The molecule has 0 radical (unpaired) electrons. The molecule has 0 spiro atoms. The zero-order valence-electron chi connectivity index (χ0n) is 11.1. The summed E-state index contributed by atoms with van der Waals surface area (Å²) < 4.78 is 0. The van der Waals surface area contributed by atoms with Gasteiger partial charge in [-0.25, -0.2) is 9.97 Å². The lowest BCUT2D eigenvalue weighted by Gasteiger charge is -2.16. The average molecular weight is 287 g/mol. The third kappa shape index (κ3) is 3.09.